The standard InChI is InChI=1S/C25H26N4O5S/c1-15-22(24(31)34-4)23(19-12-18(32-2)8-9-20(19)33-3)29-17(14-35-25(29)28-15)11-21(30)27-13-16-7-5-6-10-26-16/h5-10,12,14,23H,11,13H2,1-4H3,(H,27,30)/t23-/m0/s1. The number of hydrogen-bond acceptors (Lipinski definition) is 9. The van der Waals surface area contributed by atoms with E-state index in [0.29, 0.717) is 45.7 Å². The fraction of sp³-hybridized carbons (Fsp3) is 0.280. The van der Waals surface area contributed by atoms with Crippen LogP contribution in [0, 0.1) is 0 Å². The predicted molar refractivity (Wildman–Crippen MR) is 133 cm³/mol. The largest absolute Gasteiger partial charge is 0.497 e. The van der Waals surface area contributed by atoms with Gasteiger partial charge in [-0.2, -0.15) is 0 Å². The normalized spacial score (nSPS) is 16.8. The number of esters is 1. The summed E-state index contributed by atoms with van der Waals surface area (Å²) in [5.41, 5.74) is 3.07. The second-order valence-corrected chi connectivity index (χ2v) is 8.60. The quantitative estimate of drug-likeness (QED) is 0.556. The molecule has 35 heavy (non-hydrogen) atoms. The number of allylic oxidation sites excluding steroid dienone is 1. The third kappa shape index (κ3) is 5.02. The molecule has 0 spiro atoms. The molecule has 0 unspecified atom stereocenters. The van der Waals surface area contributed by atoms with E-state index < -0.39 is 12.0 Å². The molecule has 0 aliphatic carbocycles. The summed E-state index contributed by atoms with van der Waals surface area (Å²) >= 11 is 1.40. The molecule has 10 heteroatoms. The van der Waals surface area contributed by atoms with Crippen LogP contribution < -0.4 is 14.8 Å². The number of carbonyl (C=O) groups excluding carboxylic acids is 2. The Labute approximate surface area is 207 Å². The lowest BCUT2D eigenvalue weighted by atomic mass is 9.93. The van der Waals surface area contributed by atoms with Crippen molar-refractivity contribution < 1.29 is 23.8 Å². The van der Waals surface area contributed by atoms with E-state index in [1.165, 1.54) is 18.9 Å². The molecule has 9 nitrogen and oxygen atoms in total. The van der Waals surface area contributed by atoms with E-state index in [-0.39, 0.29) is 12.3 Å². The first kappa shape index (κ1) is 24.3. The lowest BCUT2D eigenvalue weighted by Gasteiger charge is -2.36. The fourth-order valence-corrected chi connectivity index (χ4v) is 4.97. The highest BCUT2D eigenvalue weighted by Crippen LogP contribution is 2.47. The molecular weight excluding hydrogens is 468 g/mol. The smallest absolute Gasteiger partial charge is 0.338 e. The number of amidine groups is 1. The first-order chi connectivity index (χ1) is 17.0. The van der Waals surface area contributed by atoms with Crippen molar-refractivity contribution in [1.29, 1.82) is 0 Å². The number of hydrogen-bond donors (Lipinski definition) is 1. The number of amides is 1. The molecule has 2 aliphatic rings. The number of aromatic nitrogens is 1. The van der Waals surface area contributed by atoms with Gasteiger partial charge in [-0.05, 0) is 42.7 Å². The van der Waals surface area contributed by atoms with E-state index in [1.807, 2.05) is 34.6 Å². The van der Waals surface area contributed by atoms with Crippen molar-refractivity contribution >= 4 is 28.8 Å². The number of pyridine rings is 1. The minimum atomic E-state index is -0.621. The number of nitrogens with zero attached hydrogens (tertiary/aromatic N) is 3. The number of thioether (sulfide) groups is 1. The van der Waals surface area contributed by atoms with E-state index in [2.05, 4.69) is 15.3 Å². The summed E-state index contributed by atoms with van der Waals surface area (Å²) in [5, 5.41) is 5.45. The number of ether oxygens (including phenoxy) is 3. The third-order valence-electron chi connectivity index (χ3n) is 5.67. The zero-order valence-corrected chi connectivity index (χ0v) is 20.7. The van der Waals surface area contributed by atoms with Crippen LogP contribution in [0.1, 0.15) is 30.6 Å². The van der Waals surface area contributed by atoms with Gasteiger partial charge in [0, 0.05) is 17.5 Å². The van der Waals surface area contributed by atoms with Crippen molar-refractivity contribution in [2.45, 2.75) is 25.9 Å². The van der Waals surface area contributed by atoms with Gasteiger partial charge in [0.1, 0.15) is 11.5 Å². The van der Waals surface area contributed by atoms with E-state index in [9.17, 15) is 9.59 Å². The Morgan fingerprint density at radius 1 is 1.14 bits per heavy atom. The molecular formula is C25H26N4O5S. The van der Waals surface area contributed by atoms with Crippen LogP contribution in [0.25, 0.3) is 0 Å². The number of aliphatic imine (C=N–C) groups is 1. The van der Waals surface area contributed by atoms with Crippen LogP contribution in [0.3, 0.4) is 0 Å². The van der Waals surface area contributed by atoms with Crippen molar-refractivity contribution in [3.8, 4) is 11.5 Å². The van der Waals surface area contributed by atoms with E-state index in [0.717, 1.165) is 5.69 Å². The van der Waals surface area contributed by atoms with Crippen LogP contribution in [-0.4, -0.2) is 48.3 Å². The minimum Gasteiger partial charge on any atom is -0.497 e. The molecule has 0 radical (unpaired) electrons. The molecule has 1 atom stereocenters. The van der Waals surface area contributed by atoms with Gasteiger partial charge < -0.3 is 24.4 Å². The summed E-state index contributed by atoms with van der Waals surface area (Å²) in [5.74, 6) is 0.501. The van der Waals surface area contributed by atoms with Crippen molar-refractivity contribution in [3.63, 3.8) is 0 Å². The molecule has 1 aromatic carbocycles. The maximum atomic E-state index is 12.9. The Kier molecular flexibility index (Phi) is 7.40. The van der Waals surface area contributed by atoms with Gasteiger partial charge >= 0.3 is 5.97 Å². The monoisotopic (exact) mass is 494 g/mol. The maximum absolute atomic E-state index is 12.9. The number of carbonyl (C=O) groups is 2. The van der Waals surface area contributed by atoms with Gasteiger partial charge in [-0.1, -0.05) is 17.8 Å². The summed E-state index contributed by atoms with van der Waals surface area (Å²) in [7, 11) is 4.48. The molecule has 2 aliphatic heterocycles. The number of methoxy groups -OCH3 is 3. The molecule has 1 aromatic heterocycles. The van der Waals surface area contributed by atoms with Crippen molar-refractivity contribution in [2.75, 3.05) is 21.3 Å². The van der Waals surface area contributed by atoms with Gasteiger partial charge in [0.15, 0.2) is 5.17 Å². The molecule has 3 heterocycles. The van der Waals surface area contributed by atoms with Gasteiger partial charge in [-0.25, -0.2) is 9.79 Å². The summed E-state index contributed by atoms with van der Waals surface area (Å²) in [6, 6.07) is 10.3. The first-order valence-corrected chi connectivity index (χ1v) is 11.8. The topological polar surface area (TPSA) is 102 Å². The van der Waals surface area contributed by atoms with Gasteiger partial charge in [0.25, 0.3) is 0 Å². The van der Waals surface area contributed by atoms with Crippen molar-refractivity contribution in [3.05, 3.63) is 76.2 Å². The Balaban J connectivity index is 1.68. The Bertz CT molecular complexity index is 1230. The van der Waals surface area contributed by atoms with Crippen molar-refractivity contribution in [2.24, 2.45) is 4.99 Å². The highest BCUT2D eigenvalue weighted by molar-refractivity contribution is 8.16. The molecule has 1 N–H and O–H groups in total. The summed E-state index contributed by atoms with van der Waals surface area (Å²) in [6.45, 7) is 2.09. The molecule has 0 fully saturated rings. The van der Waals surface area contributed by atoms with Crippen LogP contribution in [0.4, 0.5) is 0 Å². The zero-order valence-electron chi connectivity index (χ0n) is 19.9. The number of rotatable bonds is 8. The Hall–Kier alpha value is -3.79. The van der Waals surface area contributed by atoms with Crippen LogP contribution in [0.5, 0.6) is 11.5 Å². The second kappa shape index (κ2) is 10.6. The lowest BCUT2D eigenvalue weighted by Crippen LogP contribution is -2.38. The van der Waals surface area contributed by atoms with Gasteiger partial charge in [-0.15, -0.1) is 0 Å². The molecule has 2 aromatic rings. The van der Waals surface area contributed by atoms with E-state index in [1.54, 1.807) is 39.5 Å². The molecule has 4 rings (SSSR count). The van der Waals surface area contributed by atoms with Crippen LogP contribution in [-0.2, 0) is 20.9 Å². The second-order valence-electron chi connectivity index (χ2n) is 7.77. The average Bonchev–Trinajstić information content (AvgIpc) is 3.28. The number of benzene rings is 1. The third-order valence-corrected chi connectivity index (χ3v) is 6.56. The fourth-order valence-electron chi connectivity index (χ4n) is 4.01. The number of nitrogens with one attached hydrogen (secondary N) is 1. The van der Waals surface area contributed by atoms with Crippen LogP contribution in [0.2, 0.25) is 0 Å². The zero-order chi connectivity index (χ0) is 24.9. The summed E-state index contributed by atoms with van der Waals surface area (Å²) in [6.07, 6.45) is 1.78. The van der Waals surface area contributed by atoms with E-state index >= 15 is 0 Å². The molecule has 0 saturated carbocycles. The molecule has 182 valence electrons. The lowest BCUT2D eigenvalue weighted by molar-refractivity contribution is -0.136. The molecule has 1 amide bonds. The highest BCUT2D eigenvalue weighted by atomic mass is 32.2. The number of fused-ring (bicyclic) bond motifs is 1. The predicted octanol–water partition coefficient (Wildman–Crippen LogP) is 3.55. The van der Waals surface area contributed by atoms with Crippen LogP contribution >= 0.6 is 11.8 Å². The average molecular weight is 495 g/mol. The summed E-state index contributed by atoms with van der Waals surface area (Å²) in [4.78, 5) is 36.5. The van der Waals surface area contributed by atoms with Crippen molar-refractivity contribution in [1.82, 2.24) is 15.2 Å². The van der Waals surface area contributed by atoms with Gasteiger partial charge in [0.2, 0.25) is 5.91 Å². The Morgan fingerprint density at radius 3 is 2.66 bits per heavy atom. The Morgan fingerprint density at radius 2 is 1.97 bits per heavy atom. The van der Waals surface area contributed by atoms with Gasteiger partial charge in [0.05, 0.1) is 57.3 Å². The maximum Gasteiger partial charge on any atom is 0.338 e. The van der Waals surface area contributed by atoms with Gasteiger partial charge in [-0.3, -0.25) is 9.78 Å². The van der Waals surface area contributed by atoms with Crippen LogP contribution in [0.15, 0.2) is 70.0 Å². The molecule has 0 saturated heterocycles. The van der Waals surface area contributed by atoms with E-state index in [4.69, 9.17) is 14.2 Å². The first-order valence-electron chi connectivity index (χ1n) is 10.9. The SMILES string of the molecule is COC(=O)C1=C(C)N=C2SC=C(CC(=O)NCc3ccccn3)N2[C@H]1c1cc(OC)ccc1OC. The summed E-state index contributed by atoms with van der Waals surface area (Å²) < 4.78 is 16.2. The minimum absolute atomic E-state index is 0.0924. The highest BCUT2D eigenvalue weighted by Gasteiger charge is 2.42. The molecule has 0 bridgehead atoms.